The van der Waals surface area contributed by atoms with Gasteiger partial charge >= 0.3 is 0 Å². The molecule has 1 amide bonds. The van der Waals surface area contributed by atoms with Crippen LogP contribution in [-0.4, -0.2) is 42.6 Å². The molecule has 27 heavy (non-hydrogen) atoms. The van der Waals surface area contributed by atoms with E-state index in [1.54, 1.807) is 12.1 Å². The summed E-state index contributed by atoms with van der Waals surface area (Å²) in [5.41, 5.74) is 2.79. The number of rotatable bonds is 4. The van der Waals surface area contributed by atoms with Gasteiger partial charge in [-0.05, 0) is 36.6 Å². The van der Waals surface area contributed by atoms with Gasteiger partial charge < -0.3 is 5.32 Å². The Morgan fingerprint density at radius 2 is 2.07 bits per heavy atom. The molecular formula is C19H18ClN3O3S. The molecule has 2 N–H and O–H groups in total. The Labute approximate surface area is 161 Å². The summed E-state index contributed by atoms with van der Waals surface area (Å²) < 4.78 is 23.0. The van der Waals surface area contributed by atoms with Crippen molar-refractivity contribution in [3.8, 4) is 11.3 Å². The van der Waals surface area contributed by atoms with Crippen LogP contribution in [0.1, 0.15) is 16.8 Å². The highest BCUT2D eigenvalue weighted by molar-refractivity contribution is 7.91. The van der Waals surface area contributed by atoms with E-state index < -0.39 is 9.84 Å². The lowest BCUT2D eigenvalue weighted by Crippen LogP contribution is -2.29. The molecule has 3 aromatic rings. The van der Waals surface area contributed by atoms with Crippen molar-refractivity contribution >= 4 is 38.2 Å². The van der Waals surface area contributed by atoms with Crippen molar-refractivity contribution in [2.75, 3.05) is 18.1 Å². The number of carbonyl (C=O) groups excluding carboxylic acids is 1. The fraction of sp³-hybridized carbons (Fsp3) is 0.263. The number of halogens is 1. The standard InChI is InChI=1S/C19H18ClN3O3S/c20-16-4-2-1-3-14(16)18-15-6-5-13(9-17(15)22-23-18)19(24)21-10-12-7-8-27(25,26)11-12/h1-6,9,12H,7-8,10-11H2,(H,21,24)(H,22,23). The summed E-state index contributed by atoms with van der Waals surface area (Å²) >= 11 is 6.26. The highest BCUT2D eigenvalue weighted by Gasteiger charge is 2.28. The van der Waals surface area contributed by atoms with Gasteiger partial charge in [0, 0.05) is 23.1 Å². The molecular weight excluding hydrogens is 386 g/mol. The third-order valence-electron chi connectivity index (χ3n) is 4.83. The van der Waals surface area contributed by atoms with Crippen molar-refractivity contribution in [1.29, 1.82) is 0 Å². The first-order valence-corrected chi connectivity index (χ1v) is 10.8. The second-order valence-corrected chi connectivity index (χ2v) is 9.43. The van der Waals surface area contributed by atoms with Gasteiger partial charge in [-0.2, -0.15) is 5.10 Å². The summed E-state index contributed by atoms with van der Waals surface area (Å²) in [6.07, 6.45) is 0.601. The van der Waals surface area contributed by atoms with Crippen LogP contribution in [0.5, 0.6) is 0 Å². The Balaban J connectivity index is 1.52. The van der Waals surface area contributed by atoms with Gasteiger partial charge in [-0.15, -0.1) is 0 Å². The fourth-order valence-electron chi connectivity index (χ4n) is 3.39. The second kappa shape index (κ2) is 6.98. The predicted octanol–water partition coefficient (Wildman–Crippen LogP) is 3.05. The molecule has 0 radical (unpaired) electrons. The van der Waals surface area contributed by atoms with Crippen LogP contribution in [0.25, 0.3) is 22.2 Å². The second-order valence-electron chi connectivity index (χ2n) is 6.79. The van der Waals surface area contributed by atoms with E-state index in [0.29, 0.717) is 23.6 Å². The lowest BCUT2D eigenvalue weighted by Gasteiger charge is -2.09. The average Bonchev–Trinajstić information content (AvgIpc) is 3.22. The van der Waals surface area contributed by atoms with Crippen molar-refractivity contribution in [2.24, 2.45) is 5.92 Å². The number of nitrogens with one attached hydrogen (secondary N) is 2. The Hall–Kier alpha value is -2.38. The number of carbonyl (C=O) groups is 1. The van der Waals surface area contributed by atoms with Gasteiger partial charge in [0.05, 0.1) is 22.0 Å². The van der Waals surface area contributed by atoms with Gasteiger partial charge in [0.15, 0.2) is 9.84 Å². The molecule has 1 unspecified atom stereocenters. The lowest BCUT2D eigenvalue weighted by molar-refractivity contribution is 0.0948. The molecule has 1 atom stereocenters. The summed E-state index contributed by atoms with van der Waals surface area (Å²) in [6.45, 7) is 0.365. The van der Waals surface area contributed by atoms with Crippen molar-refractivity contribution in [2.45, 2.75) is 6.42 Å². The lowest BCUT2D eigenvalue weighted by atomic mass is 10.1. The zero-order valence-corrected chi connectivity index (χ0v) is 16.0. The highest BCUT2D eigenvalue weighted by Crippen LogP contribution is 2.31. The molecule has 0 saturated carbocycles. The SMILES string of the molecule is O=C(NCC1CCS(=O)(=O)C1)c1ccc2c(-c3ccccc3Cl)n[nH]c2c1. The van der Waals surface area contributed by atoms with Crippen LogP contribution in [-0.2, 0) is 9.84 Å². The molecule has 0 bridgehead atoms. The molecule has 2 aromatic carbocycles. The number of nitrogens with zero attached hydrogens (tertiary/aromatic N) is 1. The largest absolute Gasteiger partial charge is 0.352 e. The van der Waals surface area contributed by atoms with Crippen LogP contribution in [0.2, 0.25) is 5.02 Å². The molecule has 4 rings (SSSR count). The van der Waals surface area contributed by atoms with Gasteiger partial charge in [-0.3, -0.25) is 9.89 Å². The highest BCUT2D eigenvalue weighted by atomic mass is 35.5. The number of sulfone groups is 1. The van der Waals surface area contributed by atoms with E-state index in [-0.39, 0.29) is 23.3 Å². The number of amides is 1. The molecule has 1 aliphatic heterocycles. The molecule has 8 heteroatoms. The topological polar surface area (TPSA) is 91.9 Å². The van der Waals surface area contributed by atoms with E-state index in [4.69, 9.17) is 11.6 Å². The normalized spacial score (nSPS) is 18.6. The van der Waals surface area contributed by atoms with Crippen molar-refractivity contribution in [3.05, 3.63) is 53.1 Å². The molecule has 6 nitrogen and oxygen atoms in total. The number of benzene rings is 2. The van der Waals surface area contributed by atoms with E-state index in [2.05, 4.69) is 15.5 Å². The van der Waals surface area contributed by atoms with Crippen molar-refractivity contribution in [3.63, 3.8) is 0 Å². The number of H-pyrrole nitrogens is 1. The van der Waals surface area contributed by atoms with E-state index in [1.807, 2.05) is 30.3 Å². The monoisotopic (exact) mass is 403 g/mol. The first-order chi connectivity index (χ1) is 12.9. The molecule has 140 valence electrons. The first kappa shape index (κ1) is 18.0. The Kier molecular flexibility index (Phi) is 4.65. The Morgan fingerprint density at radius 1 is 1.26 bits per heavy atom. The molecule has 1 fully saturated rings. The fourth-order valence-corrected chi connectivity index (χ4v) is 5.48. The average molecular weight is 404 g/mol. The number of aromatic amines is 1. The van der Waals surface area contributed by atoms with Crippen LogP contribution in [0.3, 0.4) is 0 Å². The van der Waals surface area contributed by atoms with Crippen molar-refractivity contribution in [1.82, 2.24) is 15.5 Å². The maximum absolute atomic E-state index is 12.4. The maximum Gasteiger partial charge on any atom is 0.251 e. The molecule has 0 aliphatic carbocycles. The quantitative estimate of drug-likeness (QED) is 0.700. The van der Waals surface area contributed by atoms with Gasteiger partial charge in [-0.1, -0.05) is 29.8 Å². The van der Waals surface area contributed by atoms with E-state index >= 15 is 0 Å². The molecule has 1 saturated heterocycles. The van der Waals surface area contributed by atoms with Crippen LogP contribution in [0, 0.1) is 5.92 Å². The molecule has 2 heterocycles. The van der Waals surface area contributed by atoms with Crippen molar-refractivity contribution < 1.29 is 13.2 Å². The maximum atomic E-state index is 12.4. The summed E-state index contributed by atoms with van der Waals surface area (Å²) in [5, 5.41) is 11.6. The number of aromatic nitrogens is 2. The van der Waals surface area contributed by atoms with Crippen LogP contribution in [0.4, 0.5) is 0 Å². The van der Waals surface area contributed by atoms with Crippen LogP contribution >= 0.6 is 11.6 Å². The van der Waals surface area contributed by atoms with Crippen LogP contribution < -0.4 is 5.32 Å². The van der Waals surface area contributed by atoms with Gasteiger partial charge in [-0.25, -0.2) is 8.42 Å². The summed E-state index contributed by atoms with van der Waals surface area (Å²) in [7, 11) is -2.94. The minimum absolute atomic E-state index is 0.0124. The van der Waals surface area contributed by atoms with Gasteiger partial charge in [0.25, 0.3) is 5.91 Å². The van der Waals surface area contributed by atoms with Crippen LogP contribution in [0.15, 0.2) is 42.5 Å². The number of hydrogen-bond acceptors (Lipinski definition) is 4. The van der Waals surface area contributed by atoms with E-state index in [0.717, 1.165) is 22.2 Å². The Morgan fingerprint density at radius 3 is 2.81 bits per heavy atom. The van der Waals surface area contributed by atoms with E-state index in [9.17, 15) is 13.2 Å². The minimum atomic E-state index is -2.94. The zero-order valence-electron chi connectivity index (χ0n) is 14.4. The number of hydrogen-bond donors (Lipinski definition) is 2. The third kappa shape index (κ3) is 3.70. The third-order valence-corrected chi connectivity index (χ3v) is 7.00. The first-order valence-electron chi connectivity index (χ1n) is 8.64. The number of fused-ring (bicyclic) bond motifs is 1. The molecule has 1 aromatic heterocycles. The van der Waals surface area contributed by atoms with E-state index in [1.165, 1.54) is 0 Å². The summed E-state index contributed by atoms with van der Waals surface area (Å²) in [5.74, 6) is 0.115. The predicted molar refractivity (Wildman–Crippen MR) is 106 cm³/mol. The van der Waals surface area contributed by atoms with Gasteiger partial charge in [0.2, 0.25) is 0 Å². The molecule has 0 spiro atoms. The minimum Gasteiger partial charge on any atom is -0.352 e. The van der Waals surface area contributed by atoms with Gasteiger partial charge in [0.1, 0.15) is 5.69 Å². The Bertz CT molecular complexity index is 1120. The summed E-state index contributed by atoms with van der Waals surface area (Å²) in [4.78, 5) is 12.4. The molecule has 1 aliphatic rings. The zero-order chi connectivity index (χ0) is 19.0. The summed E-state index contributed by atoms with van der Waals surface area (Å²) in [6, 6.07) is 12.8. The smallest absolute Gasteiger partial charge is 0.251 e.